The number of hydrogen-bond donors (Lipinski definition) is 0. The van der Waals surface area contributed by atoms with E-state index in [0.29, 0.717) is 11.8 Å². The molecule has 1 aromatic carbocycles. The van der Waals surface area contributed by atoms with Crippen LogP contribution >= 0.6 is 0 Å². The van der Waals surface area contributed by atoms with Gasteiger partial charge in [0.2, 0.25) is 0 Å². The van der Waals surface area contributed by atoms with Crippen molar-refractivity contribution in [1.82, 2.24) is 0 Å². The van der Waals surface area contributed by atoms with Crippen molar-refractivity contribution in [2.24, 2.45) is 5.92 Å². The molecular formula is C18H22. The van der Waals surface area contributed by atoms with Gasteiger partial charge in [0, 0.05) is 5.92 Å². The van der Waals surface area contributed by atoms with Gasteiger partial charge < -0.3 is 0 Å². The molecule has 0 radical (unpaired) electrons. The molecule has 0 aliphatic heterocycles. The lowest BCUT2D eigenvalue weighted by Crippen LogP contribution is -2.12. The minimum atomic E-state index is 0.607. The van der Waals surface area contributed by atoms with Crippen molar-refractivity contribution in [2.45, 2.75) is 45.4 Å². The van der Waals surface area contributed by atoms with Crippen LogP contribution in [0.2, 0.25) is 0 Å². The average Bonchev–Trinajstić information content (AvgIpc) is 2.55. The Labute approximate surface area is 110 Å². The second-order valence-electron chi connectivity index (χ2n) is 5.89. The quantitative estimate of drug-likeness (QED) is 0.644. The highest BCUT2D eigenvalue weighted by atomic mass is 14.3. The summed E-state index contributed by atoms with van der Waals surface area (Å²) in [6.45, 7) is 4.72. The Bertz CT molecular complexity index is 503. The van der Waals surface area contributed by atoms with Crippen LogP contribution in [0, 0.1) is 5.92 Å². The third-order valence-electron chi connectivity index (χ3n) is 4.35. The predicted octanol–water partition coefficient (Wildman–Crippen LogP) is 5.02. The molecule has 0 aromatic heterocycles. The molecular weight excluding hydrogens is 216 g/mol. The van der Waals surface area contributed by atoms with Gasteiger partial charge in [-0.2, -0.15) is 0 Å². The monoisotopic (exact) mass is 238 g/mol. The summed E-state index contributed by atoms with van der Waals surface area (Å²) < 4.78 is 0. The second kappa shape index (κ2) is 4.76. The Kier molecular flexibility index (Phi) is 3.11. The topological polar surface area (TPSA) is 0 Å². The molecule has 3 rings (SSSR count). The third-order valence-corrected chi connectivity index (χ3v) is 4.35. The van der Waals surface area contributed by atoms with Gasteiger partial charge in [-0.3, -0.25) is 0 Å². The first-order valence-electron chi connectivity index (χ1n) is 7.24. The first-order valence-corrected chi connectivity index (χ1v) is 7.24. The maximum Gasteiger partial charge on any atom is 0.0114 e. The molecule has 1 atom stereocenters. The van der Waals surface area contributed by atoms with Crippen LogP contribution < -0.4 is 0 Å². The van der Waals surface area contributed by atoms with Gasteiger partial charge in [0.1, 0.15) is 0 Å². The average molecular weight is 238 g/mol. The summed E-state index contributed by atoms with van der Waals surface area (Å²) in [6, 6.07) is 9.06. The number of hydrogen-bond acceptors (Lipinski definition) is 0. The van der Waals surface area contributed by atoms with Crippen molar-refractivity contribution in [1.29, 1.82) is 0 Å². The second-order valence-corrected chi connectivity index (χ2v) is 5.89. The zero-order valence-electron chi connectivity index (χ0n) is 11.4. The molecule has 2 aliphatic rings. The van der Waals surface area contributed by atoms with E-state index in [4.69, 9.17) is 0 Å². The lowest BCUT2D eigenvalue weighted by molar-refractivity contribution is 0.555. The summed E-state index contributed by atoms with van der Waals surface area (Å²) in [7, 11) is 0. The van der Waals surface area contributed by atoms with Gasteiger partial charge in [0.15, 0.2) is 0 Å². The zero-order valence-corrected chi connectivity index (χ0v) is 11.4. The van der Waals surface area contributed by atoms with E-state index in [9.17, 15) is 0 Å². The van der Waals surface area contributed by atoms with Crippen LogP contribution in [0.3, 0.4) is 0 Å². The van der Waals surface area contributed by atoms with E-state index in [1.165, 1.54) is 25.7 Å². The number of aryl methyl sites for hydroxylation is 1. The first kappa shape index (κ1) is 11.8. The van der Waals surface area contributed by atoms with Crippen LogP contribution in [0.1, 0.15) is 50.2 Å². The van der Waals surface area contributed by atoms with E-state index in [1.54, 1.807) is 22.3 Å². The molecule has 1 aromatic rings. The Balaban J connectivity index is 2.14. The van der Waals surface area contributed by atoms with Crippen LogP contribution in [0.5, 0.6) is 0 Å². The van der Waals surface area contributed by atoms with Crippen molar-refractivity contribution in [3.63, 3.8) is 0 Å². The van der Waals surface area contributed by atoms with Crippen molar-refractivity contribution in [3.05, 3.63) is 58.7 Å². The lowest BCUT2D eigenvalue weighted by atomic mass is 9.77. The van der Waals surface area contributed by atoms with Crippen LogP contribution in [0.15, 0.2) is 47.6 Å². The summed E-state index contributed by atoms with van der Waals surface area (Å²) in [6.07, 6.45) is 9.89. The summed E-state index contributed by atoms with van der Waals surface area (Å²) in [5.74, 6) is 1.28. The lowest BCUT2D eigenvalue weighted by Gasteiger charge is -2.27. The van der Waals surface area contributed by atoms with Crippen LogP contribution in [0.25, 0.3) is 0 Å². The molecule has 0 saturated heterocycles. The van der Waals surface area contributed by atoms with Crippen molar-refractivity contribution < 1.29 is 0 Å². The minimum absolute atomic E-state index is 0.607. The smallest absolute Gasteiger partial charge is 0.0114 e. The molecule has 0 nitrogen and oxygen atoms in total. The molecule has 18 heavy (non-hydrogen) atoms. The minimum Gasteiger partial charge on any atom is -0.0807 e. The standard InChI is InChI=1S/C18H22/c1-13(2)18-16-9-5-3-7-14(16)11-12-15-8-4-6-10-17(15)18/h3,5,7-10,13,18H,4,6,11-12H2,1-2H3. The van der Waals surface area contributed by atoms with E-state index >= 15 is 0 Å². The zero-order chi connectivity index (χ0) is 12.5. The van der Waals surface area contributed by atoms with Gasteiger partial charge in [0.05, 0.1) is 0 Å². The van der Waals surface area contributed by atoms with Gasteiger partial charge in [-0.15, -0.1) is 0 Å². The molecule has 94 valence electrons. The van der Waals surface area contributed by atoms with E-state index in [2.05, 4.69) is 50.3 Å². The van der Waals surface area contributed by atoms with Crippen LogP contribution in [-0.4, -0.2) is 0 Å². The van der Waals surface area contributed by atoms with Crippen LogP contribution in [0.4, 0.5) is 0 Å². The van der Waals surface area contributed by atoms with Gasteiger partial charge in [-0.25, -0.2) is 0 Å². The number of benzene rings is 1. The number of rotatable bonds is 1. The molecule has 0 spiro atoms. The van der Waals surface area contributed by atoms with Gasteiger partial charge in [-0.05, 0) is 53.9 Å². The molecule has 0 bridgehead atoms. The van der Waals surface area contributed by atoms with Crippen molar-refractivity contribution in [3.8, 4) is 0 Å². The molecule has 0 amide bonds. The number of allylic oxidation sites excluding steroid dienone is 4. The van der Waals surface area contributed by atoms with Crippen molar-refractivity contribution >= 4 is 0 Å². The van der Waals surface area contributed by atoms with Gasteiger partial charge in [0.25, 0.3) is 0 Å². The highest BCUT2D eigenvalue weighted by Crippen LogP contribution is 2.43. The maximum atomic E-state index is 2.50. The summed E-state index contributed by atoms with van der Waals surface area (Å²) >= 11 is 0. The fourth-order valence-electron chi connectivity index (χ4n) is 3.54. The molecule has 0 fully saturated rings. The predicted molar refractivity (Wildman–Crippen MR) is 77.7 cm³/mol. The Morgan fingerprint density at radius 1 is 1.00 bits per heavy atom. The molecule has 2 aliphatic carbocycles. The van der Waals surface area contributed by atoms with E-state index in [0.717, 1.165) is 0 Å². The SMILES string of the molecule is CC(C)C1C2=CCCC=C2CCc2ccccc21. The summed E-state index contributed by atoms with van der Waals surface area (Å²) in [4.78, 5) is 0. The Hall–Kier alpha value is -1.30. The highest BCUT2D eigenvalue weighted by Gasteiger charge is 2.28. The maximum absolute atomic E-state index is 2.50. The molecule has 0 N–H and O–H groups in total. The fourth-order valence-corrected chi connectivity index (χ4v) is 3.54. The van der Waals surface area contributed by atoms with E-state index in [-0.39, 0.29) is 0 Å². The van der Waals surface area contributed by atoms with Gasteiger partial charge >= 0.3 is 0 Å². The summed E-state index contributed by atoms with van der Waals surface area (Å²) in [5.41, 5.74) is 6.38. The largest absolute Gasteiger partial charge is 0.0807 e. The summed E-state index contributed by atoms with van der Waals surface area (Å²) in [5, 5.41) is 0. The normalized spacial score (nSPS) is 22.7. The fraction of sp³-hybridized carbons (Fsp3) is 0.444. The molecule has 1 unspecified atom stereocenters. The first-order chi connectivity index (χ1) is 8.77. The Morgan fingerprint density at radius 3 is 2.61 bits per heavy atom. The molecule has 0 heterocycles. The molecule has 0 saturated carbocycles. The Morgan fingerprint density at radius 2 is 1.78 bits per heavy atom. The third kappa shape index (κ3) is 1.94. The molecule has 0 heteroatoms. The van der Waals surface area contributed by atoms with Crippen LogP contribution in [-0.2, 0) is 6.42 Å². The highest BCUT2D eigenvalue weighted by molar-refractivity contribution is 5.48. The van der Waals surface area contributed by atoms with E-state index in [1.807, 2.05) is 0 Å². The van der Waals surface area contributed by atoms with Gasteiger partial charge in [-0.1, -0.05) is 50.3 Å². The van der Waals surface area contributed by atoms with Crippen molar-refractivity contribution in [2.75, 3.05) is 0 Å². The van der Waals surface area contributed by atoms with E-state index < -0.39 is 0 Å². The number of fused-ring (bicyclic) bond motifs is 2.